The fourth-order valence-electron chi connectivity index (χ4n) is 3.93. The van der Waals surface area contributed by atoms with E-state index in [1.54, 1.807) is 20.2 Å². The number of hydrogen-bond donors (Lipinski definition) is 3. The van der Waals surface area contributed by atoms with Crippen molar-refractivity contribution in [1.29, 1.82) is 0 Å². The van der Waals surface area contributed by atoms with Crippen LogP contribution >= 0.6 is 7.82 Å². The first kappa shape index (κ1) is 27.0. The summed E-state index contributed by atoms with van der Waals surface area (Å²) in [7, 11) is -3.05. The molecule has 0 saturated carbocycles. The molecule has 4 atom stereocenters. The fourth-order valence-corrected chi connectivity index (χ4v) is 4.26. The summed E-state index contributed by atoms with van der Waals surface area (Å²) in [5.41, 5.74) is 2.70. The summed E-state index contributed by atoms with van der Waals surface area (Å²) >= 11 is 0. The molecule has 2 aromatic carbocycles. The van der Waals surface area contributed by atoms with Gasteiger partial charge < -0.3 is 33.7 Å². The number of methoxy groups -OCH3 is 1. The van der Waals surface area contributed by atoms with Gasteiger partial charge in [0, 0.05) is 25.1 Å². The lowest BCUT2D eigenvalue weighted by Gasteiger charge is -2.18. The minimum atomic E-state index is -4.70. The first-order valence-electron chi connectivity index (χ1n) is 11.6. The molecule has 1 aromatic heterocycles. The molecule has 4 rings (SSSR count). The van der Waals surface area contributed by atoms with Crippen LogP contribution in [0, 0.1) is 11.8 Å². The number of phosphoric ester groups is 1. The van der Waals surface area contributed by atoms with Crippen molar-refractivity contribution in [2.24, 2.45) is 0 Å². The zero-order chi connectivity index (χ0) is 26.4. The molecule has 0 unspecified atom stereocenters. The monoisotopic (exact) mass is 528 g/mol. The van der Waals surface area contributed by atoms with Crippen LogP contribution in [0.3, 0.4) is 0 Å². The van der Waals surface area contributed by atoms with E-state index in [1.807, 2.05) is 48.5 Å². The van der Waals surface area contributed by atoms with Gasteiger partial charge in [0.25, 0.3) is 0 Å². The minimum absolute atomic E-state index is 0.0799. The van der Waals surface area contributed by atoms with Crippen molar-refractivity contribution in [3.8, 4) is 28.7 Å². The molecule has 0 aliphatic carbocycles. The van der Waals surface area contributed by atoms with Crippen molar-refractivity contribution in [3.05, 3.63) is 72.3 Å². The van der Waals surface area contributed by atoms with Crippen LogP contribution in [0.4, 0.5) is 0 Å². The predicted octanol–water partition coefficient (Wildman–Crippen LogP) is 3.10. The Morgan fingerprint density at radius 2 is 1.76 bits per heavy atom. The van der Waals surface area contributed by atoms with Crippen molar-refractivity contribution < 1.29 is 38.2 Å². The van der Waals surface area contributed by atoms with Gasteiger partial charge in [-0.1, -0.05) is 36.1 Å². The number of hydrogen-bond acceptors (Lipinski definition) is 7. The van der Waals surface area contributed by atoms with Gasteiger partial charge in [-0.2, -0.15) is 0 Å². The summed E-state index contributed by atoms with van der Waals surface area (Å²) in [5, 5.41) is 9.96. The number of ether oxygens (including phenoxy) is 3. The molecular formula is C26H29N2O8P. The average molecular weight is 528 g/mol. The van der Waals surface area contributed by atoms with E-state index in [0.29, 0.717) is 24.6 Å². The quantitative estimate of drug-likeness (QED) is 0.283. The van der Waals surface area contributed by atoms with E-state index in [0.717, 1.165) is 16.9 Å². The highest BCUT2D eigenvalue weighted by Gasteiger charge is 2.30. The van der Waals surface area contributed by atoms with E-state index >= 15 is 0 Å². The van der Waals surface area contributed by atoms with Gasteiger partial charge in [0.2, 0.25) is 0 Å². The first-order valence-corrected chi connectivity index (χ1v) is 13.2. The maximum Gasteiger partial charge on any atom is 0.469 e. The molecule has 0 amide bonds. The summed E-state index contributed by atoms with van der Waals surface area (Å²) in [6.07, 6.45) is 1.96. The molecule has 10 nitrogen and oxygen atoms in total. The number of aliphatic hydroxyl groups excluding tert-OH is 1. The van der Waals surface area contributed by atoms with E-state index < -0.39 is 20.0 Å². The molecule has 0 radical (unpaired) electrons. The Labute approximate surface area is 215 Å². The lowest BCUT2D eigenvalue weighted by molar-refractivity contribution is 0.0326. The van der Waals surface area contributed by atoms with Crippen LogP contribution in [0.2, 0.25) is 0 Å². The zero-order valence-corrected chi connectivity index (χ0v) is 21.3. The van der Waals surface area contributed by atoms with Crippen LogP contribution in [0.5, 0.6) is 5.75 Å². The molecule has 196 valence electrons. The van der Waals surface area contributed by atoms with Gasteiger partial charge in [-0.3, -0.25) is 4.52 Å². The fraction of sp³-hybridized carbons (Fsp3) is 0.346. The number of aromatic nitrogens is 2. The third-order valence-corrected chi connectivity index (χ3v) is 6.32. The molecule has 1 saturated heterocycles. The summed E-state index contributed by atoms with van der Waals surface area (Å²) < 4.78 is 34.3. The van der Waals surface area contributed by atoms with Crippen molar-refractivity contribution in [3.63, 3.8) is 0 Å². The van der Waals surface area contributed by atoms with E-state index in [-0.39, 0.29) is 18.8 Å². The molecule has 11 heteroatoms. The van der Waals surface area contributed by atoms with E-state index in [1.165, 1.54) is 10.8 Å². The van der Waals surface area contributed by atoms with Gasteiger partial charge in [-0.15, -0.1) is 0 Å². The molecule has 1 fully saturated rings. The van der Waals surface area contributed by atoms with Crippen molar-refractivity contribution >= 4 is 7.82 Å². The van der Waals surface area contributed by atoms with E-state index in [2.05, 4.69) is 21.3 Å². The molecule has 2 heterocycles. The summed E-state index contributed by atoms with van der Waals surface area (Å²) in [6.45, 7) is 2.19. The summed E-state index contributed by atoms with van der Waals surface area (Å²) in [4.78, 5) is 22.3. The van der Waals surface area contributed by atoms with Gasteiger partial charge in [0.05, 0.1) is 19.8 Å². The molecular weight excluding hydrogens is 499 g/mol. The average Bonchev–Trinajstić information content (AvgIpc) is 3.54. The number of phosphoric acid groups is 1. The van der Waals surface area contributed by atoms with Crippen LogP contribution in [0.25, 0.3) is 11.1 Å². The lowest BCUT2D eigenvalue weighted by atomic mass is 10.0. The predicted molar refractivity (Wildman–Crippen MR) is 135 cm³/mol. The number of aliphatic hydroxyl groups is 1. The van der Waals surface area contributed by atoms with Gasteiger partial charge in [0.15, 0.2) is 6.10 Å². The summed E-state index contributed by atoms with van der Waals surface area (Å²) in [6, 6.07) is 14.6. The lowest BCUT2D eigenvalue weighted by Crippen LogP contribution is -2.31. The number of imidazole rings is 1. The minimum Gasteiger partial charge on any atom is -0.485 e. The van der Waals surface area contributed by atoms with E-state index in [4.69, 9.17) is 24.0 Å². The van der Waals surface area contributed by atoms with Crippen LogP contribution in [-0.2, 0) is 18.6 Å². The van der Waals surface area contributed by atoms with Gasteiger partial charge in [-0.25, -0.2) is 9.55 Å². The highest BCUT2D eigenvalue weighted by atomic mass is 31.2. The Morgan fingerprint density at radius 1 is 1.11 bits per heavy atom. The topological polar surface area (TPSA) is 132 Å². The SMILES string of the molecule is CO[C@@H]1COC[C@H]1Oc1ccc(-c2ccc(C#C[C@@H](COP(=O)(O)O)n3ccnc3[C@H](C)O)cc2)cc1. The highest BCUT2D eigenvalue weighted by molar-refractivity contribution is 7.46. The Balaban J connectivity index is 1.46. The Bertz CT molecular complexity index is 1270. The Morgan fingerprint density at radius 3 is 2.38 bits per heavy atom. The van der Waals surface area contributed by atoms with Gasteiger partial charge in [-0.05, 0) is 42.3 Å². The second-order valence-electron chi connectivity index (χ2n) is 8.51. The molecule has 3 aromatic rings. The molecule has 0 spiro atoms. The van der Waals surface area contributed by atoms with Gasteiger partial charge in [0.1, 0.15) is 29.8 Å². The zero-order valence-electron chi connectivity index (χ0n) is 20.4. The molecule has 1 aliphatic rings. The van der Waals surface area contributed by atoms with Crippen molar-refractivity contribution in [1.82, 2.24) is 9.55 Å². The second kappa shape index (κ2) is 12.0. The third-order valence-electron chi connectivity index (χ3n) is 5.83. The van der Waals surface area contributed by atoms with Crippen LogP contribution in [0.15, 0.2) is 60.9 Å². The van der Waals surface area contributed by atoms with Crippen LogP contribution < -0.4 is 4.74 Å². The Hall–Kier alpha value is -3.00. The van der Waals surface area contributed by atoms with Crippen molar-refractivity contribution in [2.75, 3.05) is 26.9 Å². The van der Waals surface area contributed by atoms with Crippen LogP contribution in [-0.4, -0.2) is 63.6 Å². The maximum absolute atomic E-state index is 11.2. The third kappa shape index (κ3) is 7.28. The van der Waals surface area contributed by atoms with Crippen molar-refractivity contribution in [2.45, 2.75) is 31.3 Å². The standard InChI is InChI=1S/C26H29N2O8P/c1-18(29)26-27-13-14-28(26)22(15-35-37(30,31)32)10-5-19-3-6-20(7-4-19)21-8-11-23(12-9-21)36-25-17-34-16-24(25)33-2/h3-4,6-9,11-14,18,22,24-25,29H,15-17H2,1-2H3,(H2,30,31,32)/t18-,22-,24+,25+/m0/s1. The summed E-state index contributed by atoms with van der Waals surface area (Å²) in [5.74, 6) is 7.04. The Kier molecular flexibility index (Phi) is 8.79. The largest absolute Gasteiger partial charge is 0.485 e. The highest BCUT2D eigenvalue weighted by Crippen LogP contribution is 2.37. The van der Waals surface area contributed by atoms with E-state index in [9.17, 15) is 9.67 Å². The van der Waals surface area contributed by atoms with Crippen LogP contribution in [0.1, 0.15) is 30.5 Å². The molecule has 1 aliphatic heterocycles. The number of rotatable bonds is 9. The first-order chi connectivity index (χ1) is 17.7. The van der Waals surface area contributed by atoms with Gasteiger partial charge >= 0.3 is 7.82 Å². The smallest absolute Gasteiger partial charge is 0.469 e. The number of nitrogens with zero attached hydrogens (tertiary/aromatic N) is 2. The molecule has 37 heavy (non-hydrogen) atoms. The number of benzene rings is 2. The maximum atomic E-state index is 11.2. The second-order valence-corrected chi connectivity index (χ2v) is 9.75. The normalized spacial score (nSPS) is 19.2. The molecule has 3 N–H and O–H groups in total. The molecule has 0 bridgehead atoms.